The molecule has 0 aromatic rings. The average molecular weight is 624 g/mol. The molecular weight excluding hydrogens is 546 g/mol. The number of hydrogen-bond acceptors (Lipinski definition) is 4. The van der Waals surface area contributed by atoms with Crippen LogP contribution in [0.1, 0.15) is 206 Å². The summed E-state index contributed by atoms with van der Waals surface area (Å²) < 4.78 is 0. The maximum absolute atomic E-state index is 12.4. The van der Waals surface area contributed by atoms with Crippen LogP contribution in [-0.4, -0.2) is 46.1 Å². The molecule has 3 atom stereocenters. The maximum atomic E-state index is 12.4. The van der Waals surface area contributed by atoms with Crippen LogP contribution in [-0.2, 0) is 4.79 Å². The summed E-state index contributed by atoms with van der Waals surface area (Å²) >= 11 is 0. The Bertz CT molecular complexity index is 611. The number of amides is 1. The Morgan fingerprint density at radius 3 is 1.32 bits per heavy atom. The van der Waals surface area contributed by atoms with Crippen molar-refractivity contribution in [2.75, 3.05) is 6.61 Å². The van der Waals surface area contributed by atoms with Gasteiger partial charge in [-0.25, -0.2) is 0 Å². The van der Waals surface area contributed by atoms with Crippen LogP contribution in [0.2, 0.25) is 0 Å². The fourth-order valence-corrected chi connectivity index (χ4v) is 6.05. The van der Waals surface area contributed by atoms with E-state index < -0.39 is 18.2 Å². The summed E-state index contributed by atoms with van der Waals surface area (Å²) in [5.41, 5.74) is 0. The highest BCUT2D eigenvalue weighted by Crippen LogP contribution is 2.15. The zero-order chi connectivity index (χ0) is 32.4. The van der Waals surface area contributed by atoms with E-state index in [1.807, 2.05) is 6.08 Å². The fraction of sp³-hybridized carbons (Fsp3) is 0.923. The zero-order valence-corrected chi connectivity index (χ0v) is 29.6. The summed E-state index contributed by atoms with van der Waals surface area (Å²) in [5.74, 6) is -0.314. The third kappa shape index (κ3) is 31.1. The minimum absolute atomic E-state index is 0.0183. The first-order chi connectivity index (χ1) is 21.5. The molecule has 0 spiro atoms. The lowest BCUT2D eigenvalue weighted by Gasteiger charge is -2.21. The third-order valence-electron chi connectivity index (χ3n) is 9.07. The molecule has 0 radical (unpaired) electrons. The van der Waals surface area contributed by atoms with Gasteiger partial charge in [0.25, 0.3) is 0 Å². The SMILES string of the molecule is CCCCCCCCCCCCC/C=C/C(O)C(CO)NC(=O)CC(O)CCCCCCCCCCCCCCCCCC. The molecule has 0 fully saturated rings. The normalized spacial score (nSPS) is 13.8. The number of rotatable bonds is 35. The van der Waals surface area contributed by atoms with Gasteiger partial charge >= 0.3 is 0 Å². The zero-order valence-electron chi connectivity index (χ0n) is 29.6. The van der Waals surface area contributed by atoms with Crippen molar-refractivity contribution < 1.29 is 20.1 Å². The predicted molar refractivity (Wildman–Crippen MR) is 190 cm³/mol. The third-order valence-corrected chi connectivity index (χ3v) is 9.07. The molecule has 0 saturated heterocycles. The van der Waals surface area contributed by atoms with E-state index in [4.69, 9.17) is 0 Å². The summed E-state index contributed by atoms with van der Waals surface area (Å²) in [5, 5.41) is 33.1. The van der Waals surface area contributed by atoms with Crippen LogP contribution < -0.4 is 5.32 Å². The van der Waals surface area contributed by atoms with Gasteiger partial charge in [-0.2, -0.15) is 0 Å². The molecule has 0 aromatic carbocycles. The molecule has 0 aromatic heterocycles. The molecular formula is C39H77NO4. The van der Waals surface area contributed by atoms with Gasteiger partial charge in [-0.1, -0.05) is 193 Å². The lowest BCUT2D eigenvalue weighted by Crippen LogP contribution is -2.45. The monoisotopic (exact) mass is 624 g/mol. The Morgan fingerprint density at radius 1 is 0.568 bits per heavy atom. The molecule has 0 heterocycles. The Morgan fingerprint density at radius 2 is 0.932 bits per heavy atom. The molecule has 262 valence electrons. The molecule has 4 N–H and O–H groups in total. The van der Waals surface area contributed by atoms with Crippen molar-refractivity contribution >= 4 is 5.91 Å². The van der Waals surface area contributed by atoms with Crippen LogP contribution in [0, 0.1) is 0 Å². The molecule has 0 saturated carbocycles. The number of hydrogen-bond donors (Lipinski definition) is 4. The van der Waals surface area contributed by atoms with E-state index in [-0.39, 0.29) is 18.9 Å². The first kappa shape index (κ1) is 43.1. The number of unbranched alkanes of at least 4 members (excludes halogenated alkanes) is 26. The highest BCUT2D eigenvalue weighted by Gasteiger charge is 2.20. The van der Waals surface area contributed by atoms with Gasteiger partial charge in [0.15, 0.2) is 0 Å². The highest BCUT2D eigenvalue weighted by atomic mass is 16.3. The topological polar surface area (TPSA) is 89.8 Å². The van der Waals surface area contributed by atoms with Crippen molar-refractivity contribution in [3.05, 3.63) is 12.2 Å². The quantitative estimate of drug-likeness (QED) is 0.0418. The van der Waals surface area contributed by atoms with Gasteiger partial charge < -0.3 is 20.6 Å². The molecule has 0 bridgehead atoms. The van der Waals surface area contributed by atoms with Crippen molar-refractivity contribution in [3.8, 4) is 0 Å². The second-order valence-electron chi connectivity index (χ2n) is 13.5. The van der Waals surface area contributed by atoms with E-state index in [0.717, 1.165) is 25.7 Å². The number of carbonyl (C=O) groups excluding carboxylic acids is 1. The highest BCUT2D eigenvalue weighted by molar-refractivity contribution is 5.76. The van der Waals surface area contributed by atoms with Crippen molar-refractivity contribution in [3.63, 3.8) is 0 Å². The van der Waals surface area contributed by atoms with Gasteiger partial charge in [-0.3, -0.25) is 4.79 Å². The van der Waals surface area contributed by atoms with E-state index in [0.29, 0.717) is 6.42 Å². The molecule has 5 nitrogen and oxygen atoms in total. The Labute approximate surface area is 274 Å². The van der Waals surface area contributed by atoms with E-state index in [2.05, 4.69) is 19.2 Å². The van der Waals surface area contributed by atoms with E-state index in [1.165, 1.54) is 154 Å². The van der Waals surface area contributed by atoms with Gasteiger partial charge in [0, 0.05) is 0 Å². The van der Waals surface area contributed by atoms with E-state index in [9.17, 15) is 20.1 Å². The standard InChI is InChI=1S/C39H77NO4/c1-3-5-7-9-11-13-15-17-18-19-21-22-24-26-28-30-32-36(42)34-39(44)40-37(35-41)38(43)33-31-29-27-25-23-20-16-14-12-10-8-6-4-2/h31,33,36-38,41-43H,3-30,32,34-35H2,1-2H3,(H,40,44)/b33-31+. The van der Waals surface area contributed by atoms with Crippen molar-refractivity contribution in [1.82, 2.24) is 5.32 Å². The summed E-state index contributed by atoms with van der Waals surface area (Å²) in [6.07, 6.45) is 39.1. The van der Waals surface area contributed by atoms with Gasteiger partial charge in [0.1, 0.15) is 0 Å². The van der Waals surface area contributed by atoms with Crippen LogP contribution in [0.5, 0.6) is 0 Å². The molecule has 1 amide bonds. The minimum Gasteiger partial charge on any atom is -0.394 e. The fourth-order valence-electron chi connectivity index (χ4n) is 6.05. The minimum atomic E-state index is -0.922. The Hall–Kier alpha value is -0.910. The van der Waals surface area contributed by atoms with Crippen molar-refractivity contribution in [1.29, 1.82) is 0 Å². The average Bonchev–Trinajstić information content (AvgIpc) is 3.01. The van der Waals surface area contributed by atoms with Crippen LogP contribution in [0.15, 0.2) is 12.2 Å². The first-order valence-electron chi connectivity index (χ1n) is 19.5. The Kier molecular flexibility index (Phi) is 34.2. The predicted octanol–water partition coefficient (Wildman–Crippen LogP) is 10.5. The van der Waals surface area contributed by atoms with Crippen LogP contribution in [0.4, 0.5) is 0 Å². The first-order valence-corrected chi connectivity index (χ1v) is 19.5. The Balaban J connectivity index is 3.68. The maximum Gasteiger partial charge on any atom is 0.222 e. The van der Waals surface area contributed by atoms with Gasteiger partial charge in [-0.05, 0) is 19.3 Å². The molecule has 0 rings (SSSR count). The summed E-state index contributed by atoms with van der Waals surface area (Å²) in [6, 6.07) is -0.737. The largest absolute Gasteiger partial charge is 0.394 e. The lowest BCUT2D eigenvalue weighted by atomic mass is 10.0. The lowest BCUT2D eigenvalue weighted by molar-refractivity contribution is -0.124. The van der Waals surface area contributed by atoms with Crippen molar-refractivity contribution in [2.45, 2.75) is 225 Å². The smallest absolute Gasteiger partial charge is 0.222 e. The number of nitrogens with one attached hydrogen (secondary N) is 1. The summed E-state index contributed by atoms with van der Waals surface area (Å²) in [7, 11) is 0. The van der Waals surface area contributed by atoms with Crippen LogP contribution in [0.3, 0.4) is 0 Å². The van der Waals surface area contributed by atoms with Gasteiger partial charge in [0.05, 0.1) is 31.3 Å². The second-order valence-corrected chi connectivity index (χ2v) is 13.5. The van der Waals surface area contributed by atoms with Gasteiger partial charge in [-0.15, -0.1) is 0 Å². The molecule has 0 aliphatic carbocycles. The molecule has 0 aliphatic heterocycles. The summed E-state index contributed by atoms with van der Waals surface area (Å²) in [6.45, 7) is 4.20. The number of aliphatic hydroxyl groups excluding tert-OH is 3. The summed E-state index contributed by atoms with van der Waals surface area (Å²) in [4.78, 5) is 12.4. The second kappa shape index (κ2) is 35.0. The molecule has 3 unspecified atom stereocenters. The molecule has 44 heavy (non-hydrogen) atoms. The van der Waals surface area contributed by atoms with E-state index >= 15 is 0 Å². The van der Waals surface area contributed by atoms with Crippen molar-refractivity contribution in [2.24, 2.45) is 0 Å². The number of carbonyl (C=O) groups is 1. The van der Waals surface area contributed by atoms with Crippen LogP contribution >= 0.6 is 0 Å². The van der Waals surface area contributed by atoms with Crippen LogP contribution in [0.25, 0.3) is 0 Å². The molecule has 5 heteroatoms. The number of allylic oxidation sites excluding steroid dienone is 1. The van der Waals surface area contributed by atoms with E-state index in [1.54, 1.807) is 6.08 Å². The van der Waals surface area contributed by atoms with Gasteiger partial charge in [0.2, 0.25) is 5.91 Å². The number of aliphatic hydroxyl groups is 3. The molecule has 0 aliphatic rings.